The number of aliphatic hydroxyl groups excluding tert-OH is 3. The Bertz CT molecular complexity index is 453. The van der Waals surface area contributed by atoms with Gasteiger partial charge >= 0.3 is 5.97 Å². The molecule has 25 heavy (non-hydrogen) atoms. The fourth-order valence-corrected chi connectivity index (χ4v) is 2.94. The van der Waals surface area contributed by atoms with E-state index in [-0.39, 0.29) is 31.3 Å². The van der Waals surface area contributed by atoms with Gasteiger partial charge in [-0.1, -0.05) is 6.92 Å². The van der Waals surface area contributed by atoms with Crippen LogP contribution in [-0.4, -0.2) is 77.7 Å². The molecule has 0 aromatic heterocycles. The van der Waals surface area contributed by atoms with E-state index in [1.807, 2.05) is 6.92 Å². The molecule has 9 heteroatoms. The molecule has 0 aromatic carbocycles. The summed E-state index contributed by atoms with van der Waals surface area (Å²) in [5, 5.41) is 32.7. The van der Waals surface area contributed by atoms with Crippen LogP contribution in [0.15, 0.2) is 0 Å². The Hall–Kier alpha value is -1.26. The molecule has 2 aliphatic rings. The molecule has 0 aliphatic carbocycles. The number of hydrogen-bond donors (Lipinski definition) is 4. The second-order valence-corrected chi connectivity index (χ2v) is 6.51. The van der Waals surface area contributed by atoms with Crippen LogP contribution in [-0.2, 0) is 23.8 Å². The summed E-state index contributed by atoms with van der Waals surface area (Å²) in [5.74, 6) is -0.683. The molecule has 2 aliphatic heterocycles. The monoisotopic (exact) mass is 361 g/mol. The lowest BCUT2D eigenvalue weighted by Crippen LogP contribution is -2.64. The summed E-state index contributed by atoms with van der Waals surface area (Å²) in [7, 11) is 0. The average molecular weight is 361 g/mol. The van der Waals surface area contributed by atoms with E-state index in [0.29, 0.717) is 19.6 Å². The third-order valence-electron chi connectivity index (χ3n) is 4.41. The normalized spacial score (nSPS) is 35.4. The smallest absolute Gasteiger partial charge is 0.306 e. The Balaban J connectivity index is 1.80. The molecule has 2 fully saturated rings. The van der Waals surface area contributed by atoms with E-state index in [0.717, 1.165) is 6.42 Å². The second kappa shape index (κ2) is 9.44. The zero-order valence-electron chi connectivity index (χ0n) is 14.3. The van der Waals surface area contributed by atoms with Crippen molar-refractivity contribution in [3.8, 4) is 0 Å². The van der Waals surface area contributed by atoms with E-state index < -0.39 is 36.6 Å². The molecular weight excluding hydrogens is 334 g/mol. The van der Waals surface area contributed by atoms with Gasteiger partial charge in [0.2, 0.25) is 5.91 Å². The Morgan fingerprint density at radius 2 is 2.00 bits per heavy atom. The predicted molar refractivity (Wildman–Crippen MR) is 84.2 cm³/mol. The maximum Gasteiger partial charge on any atom is 0.306 e. The van der Waals surface area contributed by atoms with Crippen molar-refractivity contribution in [3.05, 3.63) is 0 Å². The van der Waals surface area contributed by atoms with Crippen LogP contribution in [0.2, 0.25) is 0 Å². The molecule has 6 atom stereocenters. The minimum Gasteiger partial charge on any atom is -0.463 e. The van der Waals surface area contributed by atoms with Gasteiger partial charge < -0.3 is 34.8 Å². The Labute approximate surface area is 146 Å². The Morgan fingerprint density at radius 3 is 2.64 bits per heavy atom. The number of ether oxygens (including phenoxy) is 3. The van der Waals surface area contributed by atoms with Crippen molar-refractivity contribution in [1.29, 1.82) is 0 Å². The minimum absolute atomic E-state index is 0.124. The molecular formula is C16H27NO8. The van der Waals surface area contributed by atoms with Crippen molar-refractivity contribution in [2.24, 2.45) is 5.92 Å². The maximum absolute atomic E-state index is 11.8. The number of esters is 1. The lowest BCUT2D eigenvalue weighted by Gasteiger charge is -2.40. The van der Waals surface area contributed by atoms with Gasteiger partial charge in [0.05, 0.1) is 13.0 Å². The largest absolute Gasteiger partial charge is 0.463 e. The number of amides is 1. The lowest BCUT2D eigenvalue weighted by molar-refractivity contribution is -0.255. The van der Waals surface area contributed by atoms with Gasteiger partial charge in [-0.15, -0.1) is 0 Å². The van der Waals surface area contributed by atoms with Crippen LogP contribution in [0, 0.1) is 5.92 Å². The fourth-order valence-electron chi connectivity index (χ4n) is 2.94. The van der Waals surface area contributed by atoms with E-state index in [1.54, 1.807) is 0 Å². The van der Waals surface area contributed by atoms with Crippen molar-refractivity contribution in [3.63, 3.8) is 0 Å². The molecule has 0 radical (unpaired) electrons. The Kier molecular flexibility index (Phi) is 7.57. The number of carbonyl (C=O) groups excluding carboxylic acids is 2. The molecule has 2 heterocycles. The molecule has 9 nitrogen and oxygen atoms in total. The van der Waals surface area contributed by atoms with Crippen LogP contribution in [0.3, 0.4) is 0 Å². The zero-order valence-corrected chi connectivity index (χ0v) is 14.3. The molecule has 0 saturated carbocycles. The van der Waals surface area contributed by atoms with Gasteiger partial charge in [-0.2, -0.15) is 0 Å². The fraction of sp³-hybridized carbons (Fsp3) is 0.875. The first-order chi connectivity index (χ1) is 11.9. The number of carbonyl (C=O) groups is 2. The summed E-state index contributed by atoms with van der Waals surface area (Å²) < 4.78 is 15.5. The van der Waals surface area contributed by atoms with E-state index in [2.05, 4.69) is 5.32 Å². The highest BCUT2D eigenvalue weighted by molar-refractivity contribution is 5.76. The molecule has 2 unspecified atom stereocenters. The van der Waals surface area contributed by atoms with Crippen LogP contribution < -0.4 is 5.32 Å². The van der Waals surface area contributed by atoms with Crippen molar-refractivity contribution < 1.29 is 39.1 Å². The molecule has 2 rings (SSSR count). The van der Waals surface area contributed by atoms with Gasteiger partial charge in [0, 0.05) is 13.0 Å². The number of aliphatic hydroxyl groups is 3. The molecule has 1 amide bonds. The van der Waals surface area contributed by atoms with Crippen molar-refractivity contribution in [2.45, 2.75) is 63.3 Å². The standard InChI is InChI=1S/C16H27NO8/c1-2-3-11(18)17-13-15(21)14(20)10(25-16(13)22)8-24-12(19)6-9-4-5-23-7-9/h9-10,13-16,20-22H,2-8H2,1H3,(H,17,18)/t9?,10-,13-,14-,15-,16?/m1/s1. The summed E-state index contributed by atoms with van der Waals surface area (Å²) in [6, 6.07) is -1.14. The van der Waals surface area contributed by atoms with E-state index in [1.165, 1.54) is 0 Å². The summed E-state index contributed by atoms with van der Waals surface area (Å²) in [5.41, 5.74) is 0. The summed E-state index contributed by atoms with van der Waals surface area (Å²) in [6.45, 7) is 2.68. The summed E-state index contributed by atoms with van der Waals surface area (Å²) in [6.07, 6.45) is -3.57. The molecule has 4 N–H and O–H groups in total. The van der Waals surface area contributed by atoms with Crippen molar-refractivity contribution in [2.75, 3.05) is 19.8 Å². The first-order valence-electron chi connectivity index (χ1n) is 8.64. The van der Waals surface area contributed by atoms with Crippen LogP contribution in [0.4, 0.5) is 0 Å². The summed E-state index contributed by atoms with van der Waals surface area (Å²) in [4.78, 5) is 23.4. The number of rotatable bonds is 7. The van der Waals surface area contributed by atoms with Crippen molar-refractivity contribution in [1.82, 2.24) is 5.32 Å². The highest BCUT2D eigenvalue weighted by Crippen LogP contribution is 2.21. The third kappa shape index (κ3) is 5.61. The van der Waals surface area contributed by atoms with E-state index >= 15 is 0 Å². The predicted octanol–water partition coefficient (Wildman–Crippen LogP) is -1.32. The lowest BCUT2D eigenvalue weighted by atomic mass is 9.97. The van der Waals surface area contributed by atoms with Crippen LogP contribution >= 0.6 is 0 Å². The third-order valence-corrected chi connectivity index (χ3v) is 4.41. The summed E-state index contributed by atoms with van der Waals surface area (Å²) >= 11 is 0. The second-order valence-electron chi connectivity index (χ2n) is 6.51. The van der Waals surface area contributed by atoms with E-state index in [4.69, 9.17) is 14.2 Å². The van der Waals surface area contributed by atoms with Gasteiger partial charge in [-0.25, -0.2) is 0 Å². The topological polar surface area (TPSA) is 135 Å². The van der Waals surface area contributed by atoms with Crippen LogP contribution in [0.25, 0.3) is 0 Å². The van der Waals surface area contributed by atoms with Gasteiger partial charge in [0.15, 0.2) is 6.29 Å². The highest BCUT2D eigenvalue weighted by Gasteiger charge is 2.45. The molecule has 2 saturated heterocycles. The number of nitrogens with one attached hydrogen (secondary N) is 1. The first-order valence-corrected chi connectivity index (χ1v) is 8.64. The maximum atomic E-state index is 11.8. The molecule has 0 aromatic rings. The average Bonchev–Trinajstić information content (AvgIpc) is 3.07. The van der Waals surface area contributed by atoms with Gasteiger partial charge in [0.1, 0.15) is 31.0 Å². The Morgan fingerprint density at radius 1 is 1.24 bits per heavy atom. The highest BCUT2D eigenvalue weighted by atomic mass is 16.6. The molecule has 0 bridgehead atoms. The van der Waals surface area contributed by atoms with Gasteiger partial charge in [-0.3, -0.25) is 9.59 Å². The van der Waals surface area contributed by atoms with Gasteiger partial charge in [0.25, 0.3) is 0 Å². The van der Waals surface area contributed by atoms with Crippen LogP contribution in [0.1, 0.15) is 32.6 Å². The van der Waals surface area contributed by atoms with Gasteiger partial charge in [-0.05, 0) is 18.8 Å². The van der Waals surface area contributed by atoms with E-state index in [9.17, 15) is 24.9 Å². The quantitative estimate of drug-likeness (QED) is 0.410. The SMILES string of the molecule is CCCC(=O)N[C@H]1C(O)O[C@H](COC(=O)CC2CCOC2)[C@@H](O)[C@@H]1O. The van der Waals surface area contributed by atoms with Crippen molar-refractivity contribution >= 4 is 11.9 Å². The molecule has 0 spiro atoms. The zero-order chi connectivity index (χ0) is 18.4. The number of hydrogen-bond acceptors (Lipinski definition) is 8. The molecule has 144 valence electrons. The van der Waals surface area contributed by atoms with Crippen LogP contribution in [0.5, 0.6) is 0 Å². The minimum atomic E-state index is -1.51. The first kappa shape index (κ1) is 20.1.